The quantitative estimate of drug-likeness (QED) is 0.475. The molecule has 2 aromatic heterocycles. The van der Waals surface area contributed by atoms with Gasteiger partial charge in [0.2, 0.25) is 0 Å². The van der Waals surface area contributed by atoms with E-state index >= 15 is 0 Å². The second-order valence-electron chi connectivity index (χ2n) is 6.90. The van der Waals surface area contributed by atoms with Gasteiger partial charge in [-0.2, -0.15) is 0 Å². The third-order valence-electron chi connectivity index (χ3n) is 4.94. The van der Waals surface area contributed by atoms with Crippen molar-refractivity contribution in [1.82, 2.24) is 14.5 Å². The van der Waals surface area contributed by atoms with Gasteiger partial charge in [-0.3, -0.25) is 0 Å². The Balaban J connectivity index is 1.85. The lowest BCUT2D eigenvalue weighted by Gasteiger charge is -2.27. The molecule has 0 aliphatic carbocycles. The maximum absolute atomic E-state index is 10.8. The number of aliphatic hydroxyl groups is 3. The third-order valence-corrected chi connectivity index (χ3v) is 4.94. The van der Waals surface area contributed by atoms with Gasteiger partial charge in [-0.05, 0) is 19.1 Å². The molecule has 1 saturated heterocycles. The number of aliphatic hydroxyl groups excluding tert-OH is 2. The van der Waals surface area contributed by atoms with Gasteiger partial charge in [0.05, 0.1) is 17.6 Å². The van der Waals surface area contributed by atoms with E-state index in [0.29, 0.717) is 16.6 Å². The molecule has 144 valence electrons. The van der Waals surface area contributed by atoms with Crippen LogP contribution in [0.15, 0.2) is 42.9 Å². The van der Waals surface area contributed by atoms with Crippen molar-refractivity contribution in [1.29, 1.82) is 0 Å². The van der Waals surface area contributed by atoms with E-state index in [4.69, 9.17) is 10.5 Å². The smallest absolute Gasteiger partial charge is 0.167 e. The minimum Gasteiger partial charge on any atom is -0.394 e. The fraction of sp³-hybridized carbons (Fsp3) is 0.300. The van der Waals surface area contributed by atoms with Crippen molar-refractivity contribution in [2.75, 3.05) is 12.3 Å². The van der Waals surface area contributed by atoms with E-state index < -0.39 is 30.6 Å². The Bertz CT molecular complexity index is 1070. The summed E-state index contributed by atoms with van der Waals surface area (Å²) in [5.41, 5.74) is 6.23. The molecule has 0 spiro atoms. The number of rotatable bonds is 2. The van der Waals surface area contributed by atoms with Gasteiger partial charge in [0.1, 0.15) is 35.6 Å². The molecule has 8 nitrogen and oxygen atoms in total. The first kappa shape index (κ1) is 18.4. The molecule has 1 fully saturated rings. The molecule has 3 aromatic rings. The van der Waals surface area contributed by atoms with Crippen molar-refractivity contribution in [3.8, 4) is 11.8 Å². The summed E-state index contributed by atoms with van der Waals surface area (Å²) in [5, 5.41) is 31.1. The Morgan fingerprint density at radius 1 is 1.25 bits per heavy atom. The first-order chi connectivity index (χ1) is 13.4. The van der Waals surface area contributed by atoms with Crippen molar-refractivity contribution >= 4 is 16.9 Å². The predicted molar refractivity (Wildman–Crippen MR) is 102 cm³/mol. The van der Waals surface area contributed by atoms with Gasteiger partial charge < -0.3 is 30.4 Å². The minimum absolute atomic E-state index is 0.248. The molecule has 0 amide bonds. The maximum atomic E-state index is 10.8. The monoisotopic (exact) mass is 380 g/mol. The lowest BCUT2D eigenvalue weighted by Crippen LogP contribution is -2.44. The van der Waals surface area contributed by atoms with E-state index in [9.17, 15) is 15.3 Å². The Morgan fingerprint density at radius 3 is 2.68 bits per heavy atom. The van der Waals surface area contributed by atoms with Gasteiger partial charge in [0.15, 0.2) is 6.23 Å². The molecule has 3 heterocycles. The number of benzene rings is 1. The van der Waals surface area contributed by atoms with Crippen LogP contribution in [0.1, 0.15) is 24.3 Å². The van der Waals surface area contributed by atoms with Crippen LogP contribution in [0.5, 0.6) is 0 Å². The molecule has 0 saturated carbocycles. The molecule has 28 heavy (non-hydrogen) atoms. The molecule has 0 radical (unpaired) electrons. The zero-order valence-electron chi connectivity index (χ0n) is 15.1. The van der Waals surface area contributed by atoms with Crippen LogP contribution in [0.2, 0.25) is 0 Å². The number of nitrogens with two attached hydrogens (primary N) is 1. The average molecular weight is 380 g/mol. The first-order valence-corrected chi connectivity index (χ1v) is 8.78. The van der Waals surface area contributed by atoms with Crippen LogP contribution < -0.4 is 5.73 Å². The van der Waals surface area contributed by atoms with E-state index in [-0.39, 0.29) is 5.82 Å². The summed E-state index contributed by atoms with van der Waals surface area (Å²) in [6, 6.07) is 9.47. The van der Waals surface area contributed by atoms with Gasteiger partial charge in [0.25, 0.3) is 0 Å². The molecule has 4 rings (SSSR count). The van der Waals surface area contributed by atoms with E-state index in [1.54, 1.807) is 10.8 Å². The van der Waals surface area contributed by atoms with E-state index in [0.717, 1.165) is 5.56 Å². The van der Waals surface area contributed by atoms with Crippen LogP contribution in [-0.4, -0.2) is 54.3 Å². The van der Waals surface area contributed by atoms with E-state index in [1.807, 2.05) is 30.3 Å². The molecule has 5 N–H and O–H groups in total. The third kappa shape index (κ3) is 2.91. The maximum Gasteiger partial charge on any atom is 0.167 e. The number of anilines is 1. The lowest BCUT2D eigenvalue weighted by atomic mass is 9.96. The lowest BCUT2D eigenvalue weighted by molar-refractivity contribution is -0.0948. The van der Waals surface area contributed by atoms with Crippen LogP contribution in [0.4, 0.5) is 5.82 Å². The minimum atomic E-state index is -1.65. The molecular weight excluding hydrogens is 360 g/mol. The Labute approximate surface area is 161 Å². The van der Waals surface area contributed by atoms with E-state index in [2.05, 4.69) is 21.8 Å². The van der Waals surface area contributed by atoms with Crippen LogP contribution >= 0.6 is 0 Å². The fourth-order valence-corrected chi connectivity index (χ4v) is 3.43. The fourth-order valence-electron chi connectivity index (χ4n) is 3.43. The highest BCUT2D eigenvalue weighted by molar-refractivity contribution is 5.92. The van der Waals surface area contributed by atoms with Gasteiger partial charge in [-0.15, -0.1) is 0 Å². The van der Waals surface area contributed by atoms with Crippen molar-refractivity contribution < 1.29 is 20.1 Å². The molecule has 1 aliphatic heterocycles. The van der Waals surface area contributed by atoms with Gasteiger partial charge in [-0.1, -0.05) is 30.0 Å². The Morgan fingerprint density at radius 2 is 2.00 bits per heavy atom. The van der Waals surface area contributed by atoms with Crippen molar-refractivity contribution in [2.24, 2.45) is 0 Å². The highest BCUT2D eigenvalue weighted by Gasteiger charge is 2.53. The number of aromatic nitrogens is 3. The predicted octanol–water partition coefficient (Wildman–Crippen LogP) is 0.415. The topological polar surface area (TPSA) is 127 Å². The summed E-state index contributed by atoms with van der Waals surface area (Å²) >= 11 is 0. The molecule has 4 atom stereocenters. The molecule has 3 unspecified atom stereocenters. The summed E-state index contributed by atoms with van der Waals surface area (Å²) in [4.78, 5) is 8.31. The SMILES string of the molecule is C[C@@]1(O)C(O)C(CO)OC1n1cc(C#Cc2ccccc2)c2c(N)ncnc21. The summed E-state index contributed by atoms with van der Waals surface area (Å²) in [7, 11) is 0. The number of nitrogen functional groups attached to an aromatic ring is 1. The molecule has 8 heteroatoms. The second kappa shape index (κ2) is 6.89. The van der Waals surface area contributed by atoms with Gasteiger partial charge >= 0.3 is 0 Å². The number of fused-ring (bicyclic) bond motifs is 1. The Kier molecular flexibility index (Phi) is 4.53. The Hall–Kier alpha value is -2.96. The largest absolute Gasteiger partial charge is 0.394 e. The molecule has 1 aliphatic rings. The number of hydrogen-bond donors (Lipinski definition) is 4. The van der Waals surface area contributed by atoms with E-state index in [1.165, 1.54) is 13.3 Å². The normalized spacial score (nSPS) is 26.9. The van der Waals surface area contributed by atoms with Crippen LogP contribution in [-0.2, 0) is 4.74 Å². The molecule has 0 bridgehead atoms. The highest BCUT2D eigenvalue weighted by Crippen LogP contribution is 2.40. The summed E-state index contributed by atoms with van der Waals surface area (Å²) < 4.78 is 7.28. The second-order valence-corrected chi connectivity index (χ2v) is 6.90. The standard InChI is InChI=1S/C20H20N4O4/c1-20(27)16(26)14(10-25)28-19(20)24-9-13(8-7-12-5-3-2-4-6-12)15-17(21)22-11-23-18(15)24/h2-6,9,11,14,16,19,25-27H,10H2,1H3,(H2,21,22,23)/t14?,16?,19?,20-/m1/s1. The first-order valence-electron chi connectivity index (χ1n) is 8.78. The van der Waals surface area contributed by atoms with Crippen molar-refractivity contribution in [3.63, 3.8) is 0 Å². The zero-order valence-corrected chi connectivity index (χ0v) is 15.1. The van der Waals surface area contributed by atoms with Gasteiger partial charge in [-0.25, -0.2) is 9.97 Å². The average Bonchev–Trinajstić information content (AvgIpc) is 3.17. The van der Waals surface area contributed by atoms with Crippen LogP contribution in [0, 0.1) is 11.8 Å². The summed E-state index contributed by atoms with van der Waals surface area (Å²) in [5.74, 6) is 6.39. The summed E-state index contributed by atoms with van der Waals surface area (Å²) in [6.07, 6.45) is -0.194. The molecular formula is C20H20N4O4. The van der Waals surface area contributed by atoms with Crippen molar-refractivity contribution in [2.45, 2.75) is 31.0 Å². The van der Waals surface area contributed by atoms with Gasteiger partial charge in [0, 0.05) is 11.8 Å². The van der Waals surface area contributed by atoms with Crippen LogP contribution in [0.3, 0.4) is 0 Å². The highest BCUT2D eigenvalue weighted by atomic mass is 16.6. The number of nitrogens with zero attached hydrogens (tertiary/aromatic N) is 3. The number of ether oxygens (including phenoxy) is 1. The summed E-state index contributed by atoms with van der Waals surface area (Å²) in [6.45, 7) is 1.02. The molecule has 1 aromatic carbocycles. The van der Waals surface area contributed by atoms with Crippen LogP contribution in [0.25, 0.3) is 11.0 Å². The number of hydrogen-bond acceptors (Lipinski definition) is 7. The van der Waals surface area contributed by atoms with Crippen molar-refractivity contribution in [3.05, 3.63) is 54.0 Å². The zero-order chi connectivity index (χ0) is 19.9.